The normalized spacial score (nSPS) is 10.5. The average molecular weight is 437 g/mol. The van der Waals surface area contributed by atoms with Gasteiger partial charge in [-0.3, -0.25) is 4.79 Å². The van der Waals surface area contributed by atoms with Crippen LogP contribution in [-0.4, -0.2) is 5.78 Å². The van der Waals surface area contributed by atoms with Gasteiger partial charge in [-0.05, 0) is 64.6 Å². The predicted octanol–water partition coefficient (Wildman–Crippen LogP) is 4.76. The summed E-state index contributed by atoms with van der Waals surface area (Å²) in [7, 11) is 0. The first kappa shape index (κ1) is 14.6. The maximum Gasteiger partial charge on any atom is 0.168 e. The molecule has 0 radical (unpaired) electrons. The molecule has 0 atom stereocenters. The van der Waals surface area contributed by atoms with Crippen molar-refractivity contribution in [1.29, 1.82) is 0 Å². The zero-order valence-corrected chi connectivity index (χ0v) is 13.3. The van der Waals surface area contributed by atoms with Crippen molar-refractivity contribution in [2.24, 2.45) is 0 Å². The minimum Gasteiger partial charge on any atom is -0.294 e. The lowest BCUT2D eigenvalue weighted by Crippen LogP contribution is -2.06. The molecule has 0 saturated carbocycles. The van der Waals surface area contributed by atoms with Crippen LogP contribution in [0, 0.1) is 15.2 Å². The number of carbonyl (C=O) groups is 1. The fourth-order valence-corrected chi connectivity index (χ4v) is 2.83. The Labute approximate surface area is 131 Å². The van der Waals surface area contributed by atoms with Gasteiger partial charge in [-0.2, -0.15) is 0 Å². The molecule has 0 amide bonds. The highest BCUT2D eigenvalue weighted by Gasteiger charge is 2.13. The Bertz CT molecular complexity index is 643. The summed E-state index contributed by atoms with van der Waals surface area (Å²) in [5.74, 6) is -0.941. The van der Waals surface area contributed by atoms with Crippen molar-refractivity contribution in [1.82, 2.24) is 0 Å². The Morgan fingerprint density at radius 3 is 2.42 bits per heavy atom. The molecule has 2 rings (SSSR count). The summed E-state index contributed by atoms with van der Waals surface area (Å²) < 4.78 is 27.4. The minimum absolute atomic E-state index is 0.0694. The number of carbonyl (C=O) groups excluding carboxylic acids is 1. The maximum absolute atomic E-state index is 13.1. The largest absolute Gasteiger partial charge is 0.294 e. The van der Waals surface area contributed by atoms with Crippen LogP contribution in [0.2, 0.25) is 0 Å². The van der Waals surface area contributed by atoms with Gasteiger partial charge >= 0.3 is 0 Å². The zero-order valence-electron chi connectivity index (χ0n) is 9.59. The van der Waals surface area contributed by atoms with Gasteiger partial charge < -0.3 is 0 Å². The maximum atomic E-state index is 13.1. The number of Topliss-reactive ketones (excluding diaryl/α,β-unsaturated/α-hetero) is 1. The van der Waals surface area contributed by atoms with E-state index in [0.29, 0.717) is 19.2 Å². The summed E-state index contributed by atoms with van der Waals surface area (Å²) in [5.41, 5.74) is 1.02. The van der Waals surface area contributed by atoms with E-state index in [9.17, 15) is 13.6 Å². The molecule has 0 unspecified atom stereocenters. The lowest BCUT2D eigenvalue weighted by atomic mass is 10.0. The van der Waals surface area contributed by atoms with Gasteiger partial charge in [0.25, 0.3) is 0 Å². The van der Waals surface area contributed by atoms with Crippen molar-refractivity contribution in [3.63, 3.8) is 0 Å². The topological polar surface area (TPSA) is 17.1 Å². The summed E-state index contributed by atoms with van der Waals surface area (Å²) in [6.07, 6.45) is 0.0694. The smallest absolute Gasteiger partial charge is 0.168 e. The van der Waals surface area contributed by atoms with Crippen molar-refractivity contribution in [2.45, 2.75) is 6.42 Å². The first-order chi connectivity index (χ1) is 8.97. The second-order valence-electron chi connectivity index (χ2n) is 3.96. The highest BCUT2D eigenvalue weighted by atomic mass is 127. The summed E-state index contributed by atoms with van der Waals surface area (Å²) >= 11 is 5.19. The molecular weight excluding hydrogens is 429 g/mol. The van der Waals surface area contributed by atoms with Gasteiger partial charge in [0.2, 0.25) is 0 Å². The fourth-order valence-electron chi connectivity index (χ4n) is 1.66. The van der Waals surface area contributed by atoms with E-state index in [1.807, 2.05) is 22.6 Å². The van der Waals surface area contributed by atoms with E-state index in [4.69, 9.17) is 0 Å². The van der Waals surface area contributed by atoms with Gasteiger partial charge in [-0.25, -0.2) is 8.78 Å². The van der Waals surface area contributed by atoms with Gasteiger partial charge in [-0.1, -0.05) is 15.9 Å². The molecule has 0 aliphatic carbocycles. The third kappa shape index (κ3) is 3.60. The number of halogens is 4. The number of hydrogen-bond donors (Lipinski definition) is 0. The predicted molar refractivity (Wildman–Crippen MR) is 81.3 cm³/mol. The number of rotatable bonds is 3. The fraction of sp³-hybridized carbons (Fsp3) is 0.0714. The first-order valence-corrected chi connectivity index (χ1v) is 7.26. The monoisotopic (exact) mass is 436 g/mol. The second kappa shape index (κ2) is 6.09. The Morgan fingerprint density at radius 2 is 1.74 bits per heavy atom. The van der Waals surface area contributed by atoms with Crippen LogP contribution in [-0.2, 0) is 6.42 Å². The molecule has 1 nitrogen and oxygen atoms in total. The van der Waals surface area contributed by atoms with E-state index in [-0.39, 0.29) is 23.8 Å². The summed E-state index contributed by atoms with van der Waals surface area (Å²) in [6, 6.07) is 8.20. The van der Waals surface area contributed by atoms with Gasteiger partial charge in [-0.15, -0.1) is 0 Å². The van der Waals surface area contributed by atoms with Gasteiger partial charge in [0.05, 0.1) is 0 Å². The highest BCUT2D eigenvalue weighted by Crippen LogP contribution is 2.21. The lowest BCUT2D eigenvalue weighted by molar-refractivity contribution is 0.0992. The third-order valence-corrected chi connectivity index (χ3v) is 4.26. The molecule has 0 saturated heterocycles. The molecule has 0 heterocycles. The quantitative estimate of drug-likeness (QED) is 0.501. The van der Waals surface area contributed by atoms with E-state index in [1.54, 1.807) is 6.07 Å². The molecule has 2 aromatic carbocycles. The van der Waals surface area contributed by atoms with Crippen LogP contribution in [0.4, 0.5) is 8.78 Å². The molecule has 0 N–H and O–H groups in total. The standard InChI is InChI=1S/C14H8BrF2IO/c15-12-4-2-9(16)5-8(12)6-14(19)11-3-1-10(17)7-13(11)18/h1-5,7H,6H2. The van der Waals surface area contributed by atoms with E-state index in [1.165, 1.54) is 30.3 Å². The summed E-state index contributed by atoms with van der Waals surface area (Å²) in [6.45, 7) is 0. The number of benzene rings is 2. The molecule has 0 bridgehead atoms. The molecule has 0 aromatic heterocycles. The van der Waals surface area contributed by atoms with Crippen molar-refractivity contribution in [2.75, 3.05) is 0 Å². The van der Waals surface area contributed by atoms with Crippen LogP contribution >= 0.6 is 38.5 Å². The van der Waals surface area contributed by atoms with Crippen molar-refractivity contribution in [3.8, 4) is 0 Å². The molecule has 0 fully saturated rings. The molecule has 19 heavy (non-hydrogen) atoms. The molecule has 5 heteroatoms. The van der Waals surface area contributed by atoms with Crippen molar-refractivity contribution >= 4 is 44.3 Å². The van der Waals surface area contributed by atoms with E-state index in [2.05, 4.69) is 15.9 Å². The highest BCUT2D eigenvalue weighted by molar-refractivity contribution is 14.1. The number of ketones is 1. The van der Waals surface area contributed by atoms with Crippen LogP contribution in [0.25, 0.3) is 0 Å². The van der Waals surface area contributed by atoms with Gasteiger partial charge in [0.1, 0.15) is 11.6 Å². The van der Waals surface area contributed by atoms with Crippen molar-refractivity contribution in [3.05, 3.63) is 67.2 Å². The van der Waals surface area contributed by atoms with Crippen molar-refractivity contribution < 1.29 is 13.6 Å². The Balaban J connectivity index is 2.28. The zero-order chi connectivity index (χ0) is 14.0. The van der Waals surface area contributed by atoms with Crippen LogP contribution in [0.15, 0.2) is 40.9 Å². The Morgan fingerprint density at radius 1 is 1.11 bits per heavy atom. The van der Waals surface area contributed by atoms with Crippen LogP contribution in [0.5, 0.6) is 0 Å². The molecule has 98 valence electrons. The molecule has 0 spiro atoms. The average Bonchev–Trinajstić information content (AvgIpc) is 2.33. The summed E-state index contributed by atoms with van der Waals surface area (Å²) in [5, 5.41) is 0. The first-order valence-electron chi connectivity index (χ1n) is 5.39. The Hall–Kier alpha value is -0.820. The molecular formula is C14H8BrF2IO. The molecule has 0 aliphatic rings. The summed E-state index contributed by atoms with van der Waals surface area (Å²) in [4.78, 5) is 12.1. The second-order valence-corrected chi connectivity index (χ2v) is 5.98. The SMILES string of the molecule is O=C(Cc1cc(F)ccc1Br)c1ccc(F)cc1I. The minimum atomic E-state index is -0.389. The molecule has 2 aromatic rings. The number of hydrogen-bond acceptors (Lipinski definition) is 1. The lowest BCUT2D eigenvalue weighted by Gasteiger charge is -2.06. The molecule has 0 aliphatic heterocycles. The van der Waals surface area contributed by atoms with Gasteiger partial charge in [0, 0.05) is 20.0 Å². The van der Waals surface area contributed by atoms with E-state index in [0.717, 1.165) is 0 Å². The van der Waals surface area contributed by atoms with Crippen LogP contribution in [0.3, 0.4) is 0 Å². The third-order valence-electron chi connectivity index (χ3n) is 2.59. The van der Waals surface area contributed by atoms with E-state index >= 15 is 0 Å². The van der Waals surface area contributed by atoms with Crippen LogP contribution in [0.1, 0.15) is 15.9 Å². The van der Waals surface area contributed by atoms with E-state index < -0.39 is 0 Å². The van der Waals surface area contributed by atoms with Crippen LogP contribution < -0.4 is 0 Å². The van der Waals surface area contributed by atoms with Gasteiger partial charge in [0.15, 0.2) is 5.78 Å². The Kier molecular flexibility index (Phi) is 4.67.